The Morgan fingerprint density at radius 1 is 1.37 bits per heavy atom. The van der Waals surface area contributed by atoms with Gasteiger partial charge >= 0.3 is 0 Å². The minimum atomic E-state index is -0.149. The number of anilines is 1. The van der Waals surface area contributed by atoms with Crippen LogP contribution >= 0.6 is 0 Å². The molecule has 5 nitrogen and oxygen atoms in total. The van der Waals surface area contributed by atoms with Gasteiger partial charge in [0.25, 0.3) is 0 Å². The summed E-state index contributed by atoms with van der Waals surface area (Å²) in [6.45, 7) is 5.91. The Morgan fingerprint density at radius 2 is 2.16 bits per heavy atom. The second-order valence-electron chi connectivity index (χ2n) is 4.23. The highest BCUT2D eigenvalue weighted by molar-refractivity contribution is 5.93. The molecule has 0 bridgehead atoms. The zero-order chi connectivity index (χ0) is 13.8. The second kappa shape index (κ2) is 5.56. The molecule has 0 radical (unpaired) electrons. The predicted molar refractivity (Wildman–Crippen MR) is 75.1 cm³/mol. The molecule has 2 rings (SSSR count). The first kappa shape index (κ1) is 13.1. The molecule has 0 fully saturated rings. The highest BCUT2D eigenvalue weighted by atomic mass is 16.5. The Labute approximate surface area is 112 Å². The molecule has 0 spiro atoms. The molecule has 0 saturated heterocycles. The Balaban J connectivity index is 2.46. The number of hydrogen-bond acceptors (Lipinski definition) is 4. The number of nitrogens with one attached hydrogen (secondary N) is 2. The first-order chi connectivity index (χ1) is 9.10. The van der Waals surface area contributed by atoms with Gasteiger partial charge in [0.1, 0.15) is 5.75 Å². The smallest absolute Gasteiger partial charge is 0.235 e. The van der Waals surface area contributed by atoms with Crippen LogP contribution in [-0.2, 0) is 4.79 Å². The van der Waals surface area contributed by atoms with Crippen LogP contribution in [0.25, 0.3) is 10.9 Å². The van der Waals surface area contributed by atoms with E-state index in [0.29, 0.717) is 6.61 Å². The highest BCUT2D eigenvalue weighted by Crippen LogP contribution is 2.26. The number of carbonyl (C=O) groups is 1. The summed E-state index contributed by atoms with van der Waals surface area (Å²) in [4.78, 5) is 15.4. The van der Waals surface area contributed by atoms with Gasteiger partial charge in [0.15, 0.2) is 0 Å². The molecule has 1 aromatic carbocycles. The van der Waals surface area contributed by atoms with Crippen molar-refractivity contribution >= 4 is 22.5 Å². The number of rotatable bonds is 4. The zero-order valence-electron chi connectivity index (χ0n) is 11.3. The van der Waals surface area contributed by atoms with Crippen LogP contribution in [0.15, 0.2) is 24.3 Å². The molecule has 0 aliphatic rings. The standard InChI is InChI=1S/C14H17N3O2/c1-4-19-11-5-6-13-12(8-11)14(7-9(2)15-13)17-16-10(3)18/h5-8H,4H2,1-3H3,(H,15,17)(H,16,18). The molecule has 1 aromatic heterocycles. The first-order valence-electron chi connectivity index (χ1n) is 6.17. The molecule has 1 amide bonds. The van der Waals surface area contributed by atoms with Crippen LogP contribution in [0.3, 0.4) is 0 Å². The maximum Gasteiger partial charge on any atom is 0.235 e. The fourth-order valence-electron chi connectivity index (χ4n) is 1.85. The van der Waals surface area contributed by atoms with E-state index in [9.17, 15) is 4.79 Å². The molecule has 0 aliphatic carbocycles. The number of ether oxygens (including phenoxy) is 1. The van der Waals surface area contributed by atoms with Gasteiger partial charge < -0.3 is 4.74 Å². The Hall–Kier alpha value is -2.30. The van der Waals surface area contributed by atoms with Gasteiger partial charge in [-0.25, -0.2) is 0 Å². The monoisotopic (exact) mass is 259 g/mol. The summed E-state index contributed by atoms with van der Waals surface area (Å²) in [6, 6.07) is 7.59. The van der Waals surface area contributed by atoms with Crippen molar-refractivity contribution in [3.8, 4) is 5.75 Å². The third-order valence-electron chi connectivity index (χ3n) is 2.59. The summed E-state index contributed by atoms with van der Waals surface area (Å²) in [7, 11) is 0. The number of nitrogens with zero attached hydrogens (tertiary/aromatic N) is 1. The highest BCUT2D eigenvalue weighted by Gasteiger charge is 2.06. The fraction of sp³-hybridized carbons (Fsp3) is 0.286. The second-order valence-corrected chi connectivity index (χ2v) is 4.23. The number of aromatic nitrogens is 1. The zero-order valence-corrected chi connectivity index (χ0v) is 11.3. The summed E-state index contributed by atoms with van der Waals surface area (Å²) in [5.74, 6) is 0.634. The molecule has 0 saturated carbocycles. The van der Waals surface area contributed by atoms with Gasteiger partial charge in [-0.2, -0.15) is 0 Å². The van der Waals surface area contributed by atoms with Crippen LogP contribution in [-0.4, -0.2) is 17.5 Å². The molecule has 5 heteroatoms. The average Bonchev–Trinajstić information content (AvgIpc) is 2.36. The maximum atomic E-state index is 11.0. The summed E-state index contributed by atoms with van der Waals surface area (Å²) in [6.07, 6.45) is 0. The van der Waals surface area contributed by atoms with Crippen LogP contribution in [0, 0.1) is 6.92 Å². The quantitative estimate of drug-likeness (QED) is 0.828. The van der Waals surface area contributed by atoms with E-state index >= 15 is 0 Å². The van der Waals surface area contributed by atoms with E-state index in [4.69, 9.17) is 4.74 Å². The van der Waals surface area contributed by atoms with Crippen molar-refractivity contribution in [2.24, 2.45) is 0 Å². The van der Waals surface area contributed by atoms with Crippen molar-refractivity contribution in [2.75, 3.05) is 12.0 Å². The van der Waals surface area contributed by atoms with Crippen LogP contribution in [0.1, 0.15) is 19.5 Å². The molecule has 1 heterocycles. The number of carbonyl (C=O) groups excluding carboxylic acids is 1. The van der Waals surface area contributed by atoms with E-state index in [0.717, 1.165) is 28.0 Å². The number of pyridine rings is 1. The van der Waals surface area contributed by atoms with Gasteiger partial charge in [0, 0.05) is 18.0 Å². The Morgan fingerprint density at radius 3 is 2.84 bits per heavy atom. The van der Waals surface area contributed by atoms with Gasteiger partial charge in [0.2, 0.25) is 5.91 Å². The molecule has 0 unspecified atom stereocenters. The maximum absolute atomic E-state index is 11.0. The van der Waals surface area contributed by atoms with Crippen LogP contribution < -0.4 is 15.6 Å². The number of amides is 1. The van der Waals surface area contributed by atoms with Crippen molar-refractivity contribution in [1.82, 2.24) is 10.4 Å². The van der Waals surface area contributed by atoms with Gasteiger partial charge in [-0.1, -0.05) is 0 Å². The van der Waals surface area contributed by atoms with E-state index in [1.165, 1.54) is 6.92 Å². The number of hydrogen-bond donors (Lipinski definition) is 2. The molecule has 0 atom stereocenters. The van der Waals surface area contributed by atoms with Gasteiger partial charge in [-0.15, -0.1) is 0 Å². The SMILES string of the molecule is CCOc1ccc2nc(C)cc(NNC(C)=O)c2c1. The fourth-order valence-corrected chi connectivity index (χ4v) is 1.85. The predicted octanol–water partition coefficient (Wildman–Crippen LogP) is 2.40. The van der Waals surface area contributed by atoms with Gasteiger partial charge in [-0.05, 0) is 38.1 Å². The molecule has 19 heavy (non-hydrogen) atoms. The summed E-state index contributed by atoms with van der Waals surface area (Å²) < 4.78 is 5.48. The lowest BCUT2D eigenvalue weighted by Crippen LogP contribution is -2.26. The van der Waals surface area contributed by atoms with Crippen LogP contribution in [0.2, 0.25) is 0 Å². The van der Waals surface area contributed by atoms with Crippen molar-refractivity contribution in [3.63, 3.8) is 0 Å². The van der Waals surface area contributed by atoms with E-state index in [1.54, 1.807) is 0 Å². The summed E-state index contributed by atoms with van der Waals surface area (Å²) >= 11 is 0. The lowest BCUT2D eigenvalue weighted by atomic mass is 10.1. The molecule has 100 valence electrons. The minimum absolute atomic E-state index is 0.149. The van der Waals surface area contributed by atoms with Gasteiger partial charge in [-0.3, -0.25) is 20.6 Å². The Kier molecular flexibility index (Phi) is 3.85. The minimum Gasteiger partial charge on any atom is -0.494 e. The number of aryl methyl sites for hydroxylation is 1. The molecule has 0 aliphatic heterocycles. The first-order valence-corrected chi connectivity index (χ1v) is 6.17. The van der Waals surface area contributed by atoms with Crippen LogP contribution in [0.5, 0.6) is 5.75 Å². The lowest BCUT2D eigenvalue weighted by molar-refractivity contribution is -0.118. The summed E-state index contributed by atoms with van der Waals surface area (Å²) in [5.41, 5.74) is 8.02. The largest absolute Gasteiger partial charge is 0.494 e. The number of hydrazine groups is 1. The van der Waals surface area contributed by atoms with Crippen molar-refractivity contribution in [1.29, 1.82) is 0 Å². The van der Waals surface area contributed by atoms with E-state index in [1.807, 2.05) is 38.1 Å². The number of fused-ring (bicyclic) bond motifs is 1. The van der Waals surface area contributed by atoms with E-state index in [-0.39, 0.29) is 5.91 Å². The molecular weight excluding hydrogens is 242 g/mol. The third-order valence-corrected chi connectivity index (χ3v) is 2.59. The Bertz CT molecular complexity index is 611. The van der Waals surface area contributed by atoms with Crippen molar-refractivity contribution < 1.29 is 9.53 Å². The average molecular weight is 259 g/mol. The molecule has 2 N–H and O–H groups in total. The lowest BCUT2D eigenvalue weighted by Gasteiger charge is -2.12. The van der Waals surface area contributed by atoms with E-state index < -0.39 is 0 Å². The van der Waals surface area contributed by atoms with Crippen molar-refractivity contribution in [3.05, 3.63) is 30.0 Å². The van der Waals surface area contributed by atoms with E-state index in [2.05, 4.69) is 15.8 Å². The van der Waals surface area contributed by atoms with Crippen LogP contribution in [0.4, 0.5) is 5.69 Å². The normalized spacial score (nSPS) is 10.3. The molecule has 2 aromatic rings. The molecular formula is C14H17N3O2. The topological polar surface area (TPSA) is 63.2 Å². The van der Waals surface area contributed by atoms with Crippen molar-refractivity contribution in [2.45, 2.75) is 20.8 Å². The number of benzene rings is 1. The van der Waals surface area contributed by atoms with Gasteiger partial charge in [0.05, 0.1) is 17.8 Å². The summed E-state index contributed by atoms with van der Waals surface area (Å²) in [5, 5.41) is 0.908. The third kappa shape index (κ3) is 3.13.